The molecule has 0 atom stereocenters. The van der Waals surface area contributed by atoms with Gasteiger partial charge >= 0.3 is 6.01 Å². The lowest BCUT2D eigenvalue weighted by Gasteiger charge is -2.12. The van der Waals surface area contributed by atoms with Gasteiger partial charge in [-0.2, -0.15) is 0 Å². The summed E-state index contributed by atoms with van der Waals surface area (Å²) in [6.45, 7) is 1.30. The molecule has 6 nitrogen and oxygen atoms in total. The van der Waals surface area contributed by atoms with E-state index in [0.29, 0.717) is 10.1 Å². The summed E-state index contributed by atoms with van der Waals surface area (Å²) in [4.78, 5) is 1.97. The smallest absolute Gasteiger partial charge is 0.315 e. The maximum atomic E-state index is 14.5. The van der Waals surface area contributed by atoms with Crippen LogP contribution in [0.5, 0.6) is 0 Å². The molecule has 10 heteroatoms. The van der Waals surface area contributed by atoms with Crippen LogP contribution < -0.4 is 10.6 Å². The number of hydrogen-bond acceptors (Lipinski definition) is 6. The van der Waals surface area contributed by atoms with Crippen molar-refractivity contribution in [3.8, 4) is 11.5 Å². The molecule has 2 aromatic carbocycles. The van der Waals surface area contributed by atoms with Crippen LogP contribution in [0.4, 0.5) is 30.6 Å². The van der Waals surface area contributed by atoms with Crippen LogP contribution in [0.15, 0.2) is 34.7 Å². The number of nitrogens with one attached hydrogen (secondary N) is 2. The molecule has 0 radical (unpaired) electrons. The van der Waals surface area contributed by atoms with Crippen molar-refractivity contribution in [3.05, 3.63) is 51.4 Å². The van der Waals surface area contributed by atoms with E-state index in [9.17, 15) is 13.2 Å². The summed E-state index contributed by atoms with van der Waals surface area (Å²) in [5.74, 6) is -2.88. The third-order valence-corrected chi connectivity index (χ3v) is 4.45. The first-order valence-electron chi connectivity index (χ1n) is 8.27. The fourth-order valence-electron chi connectivity index (χ4n) is 2.37. The highest BCUT2D eigenvalue weighted by atomic mass is 127. The molecule has 0 amide bonds. The molecule has 0 saturated heterocycles. The van der Waals surface area contributed by atoms with Gasteiger partial charge in [-0.15, -0.1) is 5.10 Å². The number of benzene rings is 2. The zero-order valence-electron chi connectivity index (χ0n) is 15.1. The Hall–Kier alpha value is -2.34. The lowest BCUT2D eigenvalue weighted by molar-refractivity contribution is 0.422. The van der Waals surface area contributed by atoms with E-state index in [-0.39, 0.29) is 28.8 Å². The van der Waals surface area contributed by atoms with Gasteiger partial charge in [0.1, 0.15) is 5.82 Å². The van der Waals surface area contributed by atoms with Crippen molar-refractivity contribution < 1.29 is 17.6 Å². The molecule has 28 heavy (non-hydrogen) atoms. The van der Waals surface area contributed by atoms with Crippen LogP contribution in [-0.4, -0.2) is 42.3 Å². The Morgan fingerprint density at radius 2 is 1.86 bits per heavy atom. The average Bonchev–Trinajstić information content (AvgIpc) is 3.09. The van der Waals surface area contributed by atoms with Gasteiger partial charge < -0.3 is 20.0 Å². The molecule has 148 valence electrons. The van der Waals surface area contributed by atoms with Crippen molar-refractivity contribution in [2.75, 3.05) is 37.8 Å². The number of likely N-dealkylation sites (N-methyl/N-ethyl adjacent to an activating group) is 1. The van der Waals surface area contributed by atoms with Crippen LogP contribution in [0.1, 0.15) is 0 Å². The van der Waals surface area contributed by atoms with Gasteiger partial charge in [-0.25, -0.2) is 13.2 Å². The quantitative estimate of drug-likeness (QED) is 0.464. The standard InChI is InChI=1S/C18H17F3IN5O/c1-27(2)8-7-23-18-26-25-17(28-18)11-4-5-12(19)15(21)16(11)24-14-6-3-10(22)9-13(14)20/h3-6,9,24H,7-8H2,1-2H3,(H,23,26). The number of rotatable bonds is 7. The second-order valence-corrected chi connectivity index (χ2v) is 7.42. The molecular weight excluding hydrogens is 486 g/mol. The highest BCUT2D eigenvalue weighted by Crippen LogP contribution is 2.34. The van der Waals surface area contributed by atoms with Gasteiger partial charge in [-0.05, 0) is 67.0 Å². The van der Waals surface area contributed by atoms with Crippen LogP contribution in [0.2, 0.25) is 0 Å². The van der Waals surface area contributed by atoms with E-state index in [4.69, 9.17) is 4.42 Å². The summed E-state index contributed by atoms with van der Waals surface area (Å²) in [6.07, 6.45) is 0. The Balaban J connectivity index is 1.92. The third kappa shape index (κ3) is 4.73. The van der Waals surface area contributed by atoms with Gasteiger partial charge in [0.15, 0.2) is 11.6 Å². The Morgan fingerprint density at radius 3 is 2.57 bits per heavy atom. The molecule has 0 bridgehead atoms. The second-order valence-electron chi connectivity index (χ2n) is 6.18. The summed E-state index contributed by atoms with van der Waals surface area (Å²) < 4.78 is 48.6. The first-order valence-corrected chi connectivity index (χ1v) is 9.35. The molecule has 0 unspecified atom stereocenters. The molecule has 2 N–H and O–H groups in total. The maximum Gasteiger partial charge on any atom is 0.315 e. The molecular formula is C18H17F3IN5O. The fourth-order valence-corrected chi connectivity index (χ4v) is 2.82. The first-order chi connectivity index (χ1) is 13.3. The van der Waals surface area contributed by atoms with Crippen LogP contribution in [0.25, 0.3) is 11.5 Å². The highest BCUT2D eigenvalue weighted by Gasteiger charge is 2.20. The van der Waals surface area contributed by atoms with Gasteiger partial charge in [-0.1, -0.05) is 5.10 Å². The van der Waals surface area contributed by atoms with Crippen molar-refractivity contribution in [2.24, 2.45) is 0 Å². The lowest BCUT2D eigenvalue weighted by Crippen LogP contribution is -2.20. The molecule has 0 aliphatic rings. The van der Waals surface area contributed by atoms with E-state index in [1.165, 1.54) is 18.2 Å². The van der Waals surface area contributed by atoms with E-state index in [1.54, 1.807) is 6.07 Å². The fraction of sp³-hybridized carbons (Fsp3) is 0.222. The second kappa shape index (κ2) is 8.78. The molecule has 1 heterocycles. The Kier molecular flexibility index (Phi) is 6.39. The minimum absolute atomic E-state index is 0.00462. The van der Waals surface area contributed by atoms with E-state index < -0.39 is 17.5 Å². The Bertz CT molecular complexity index is 980. The maximum absolute atomic E-state index is 14.5. The number of nitrogens with zero attached hydrogens (tertiary/aromatic N) is 3. The molecule has 3 aromatic rings. The summed E-state index contributed by atoms with van der Waals surface area (Å²) in [6, 6.07) is 6.74. The summed E-state index contributed by atoms with van der Waals surface area (Å²) in [5.41, 5.74) is -0.177. The minimum atomic E-state index is -1.17. The third-order valence-electron chi connectivity index (χ3n) is 3.78. The monoisotopic (exact) mass is 503 g/mol. The summed E-state index contributed by atoms with van der Waals surface area (Å²) >= 11 is 1.95. The lowest BCUT2D eigenvalue weighted by atomic mass is 10.1. The number of anilines is 3. The topological polar surface area (TPSA) is 66.2 Å². The predicted molar refractivity (Wildman–Crippen MR) is 109 cm³/mol. The Labute approximate surface area is 173 Å². The van der Waals surface area contributed by atoms with Crippen LogP contribution in [0.3, 0.4) is 0 Å². The van der Waals surface area contributed by atoms with Gasteiger partial charge in [-0.3, -0.25) is 0 Å². The normalized spacial score (nSPS) is 11.1. The first kappa shape index (κ1) is 20.4. The van der Waals surface area contributed by atoms with Gasteiger partial charge in [0.05, 0.1) is 16.9 Å². The van der Waals surface area contributed by atoms with Crippen molar-refractivity contribution >= 4 is 40.0 Å². The molecule has 0 aliphatic heterocycles. The number of aromatic nitrogens is 2. The zero-order chi connectivity index (χ0) is 20.3. The summed E-state index contributed by atoms with van der Waals surface area (Å²) in [5, 5.41) is 13.3. The number of hydrogen-bond donors (Lipinski definition) is 2. The average molecular weight is 503 g/mol. The van der Waals surface area contributed by atoms with Gasteiger partial charge in [0.2, 0.25) is 0 Å². The molecule has 1 aromatic heterocycles. The van der Waals surface area contributed by atoms with E-state index >= 15 is 0 Å². The summed E-state index contributed by atoms with van der Waals surface area (Å²) in [7, 11) is 3.84. The SMILES string of the molecule is CN(C)CCNc1nnc(-c2ccc(F)c(F)c2Nc2ccc(I)cc2F)o1. The van der Waals surface area contributed by atoms with Crippen molar-refractivity contribution in [1.82, 2.24) is 15.1 Å². The molecule has 0 fully saturated rings. The van der Waals surface area contributed by atoms with Crippen LogP contribution >= 0.6 is 22.6 Å². The highest BCUT2D eigenvalue weighted by molar-refractivity contribution is 14.1. The van der Waals surface area contributed by atoms with Crippen molar-refractivity contribution in [2.45, 2.75) is 0 Å². The molecule has 0 saturated carbocycles. The van der Waals surface area contributed by atoms with E-state index in [1.807, 2.05) is 41.6 Å². The van der Waals surface area contributed by atoms with Gasteiger partial charge in [0.25, 0.3) is 5.89 Å². The number of halogens is 4. The Morgan fingerprint density at radius 1 is 1.07 bits per heavy atom. The molecule has 0 spiro atoms. The van der Waals surface area contributed by atoms with E-state index in [0.717, 1.165) is 12.6 Å². The van der Waals surface area contributed by atoms with Crippen molar-refractivity contribution in [3.63, 3.8) is 0 Å². The van der Waals surface area contributed by atoms with Crippen molar-refractivity contribution in [1.29, 1.82) is 0 Å². The minimum Gasteiger partial charge on any atom is -0.403 e. The molecule has 0 aliphatic carbocycles. The predicted octanol–water partition coefficient (Wildman–Crippen LogP) is 4.48. The van der Waals surface area contributed by atoms with Crippen LogP contribution in [0, 0.1) is 21.0 Å². The largest absolute Gasteiger partial charge is 0.403 e. The van der Waals surface area contributed by atoms with Gasteiger partial charge in [0, 0.05) is 16.7 Å². The van der Waals surface area contributed by atoms with E-state index in [2.05, 4.69) is 20.8 Å². The molecule has 3 rings (SSSR count). The van der Waals surface area contributed by atoms with Crippen LogP contribution in [-0.2, 0) is 0 Å². The zero-order valence-corrected chi connectivity index (χ0v) is 17.2.